The van der Waals surface area contributed by atoms with Gasteiger partial charge in [-0.3, -0.25) is 4.57 Å². The van der Waals surface area contributed by atoms with Crippen molar-refractivity contribution in [2.45, 2.75) is 12.8 Å². The van der Waals surface area contributed by atoms with E-state index in [0.717, 1.165) is 32.8 Å². The number of methoxy groups -OCH3 is 1. The quantitative estimate of drug-likeness (QED) is 0.621. The van der Waals surface area contributed by atoms with Gasteiger partial charge in [0, 0.05) is 10.5 Å². The zero-order valence-corrected chi connectivity index (χ0v) is 14.1. The first-order chi connectivity index (χ1) is 10.1. The molecule has 0 bridgehead atoms. The lowest BCUT2D eigenvalue weighted by Crippen LogP contribution is -2.00. The van der Waals surface area contributed by atoms with Crippen molar-refractivity contribution in [2.75, 3.05) is 7.11 Å². The van der Waals surface area contributed by atoms with Crippen LogP contribution >= 0.6 is 27.5 Å². The van der Waals surface area contributed by atoms with E-state index in [9.17, 15) is 0 Å². The summed E-state index contributed by atoms with van der Waals surface area (Å²) in [6.45, 7) is 2.07. The van der Waals surface area contributed by atoms with Gasteiger partial charge < -0.3 is 4.74 Å². The second kappa shape index (κ2) is 5.70. The summed E-state index contributed by atoms with van der Waals surface area (Å²) in [5.74, 6) is 1.95. The van der Waals surface area contributed by atoms with E-state index in [-0.39, 0.29) is 0 Å². The van der Waals surface area contributed by atoms with Crippen LogP contribution in [0.1, 0.15) is 11.4 Å². The molecule has 0 atom stereocenters. The molecule has 0 saturated heterocycles. The van der Waals surface area contributed by atoms with Gasteiger partial charge in [0.2, 0.25) is 0 Å². The van der Waals surface area contributed by atoms with E-state index < -0.39 is 0 Å². The molecule has 0 spiro atoms. The van der Waals surface area contributed by atoms with E-state index >= 15 is 0 Å². The molecule has 0 N–H and O–H groups in total. The van der Waals surface area contributed by atoms with Crippen LogP contribution in [-0.4, -0.2) is 16.7 Å². The summed E-state index contributed by atoms with van der Waals surface area (Å²) >= 11 is 9.60. The fourth-order valence-corrected chi connectivity index (χ4v) is 3.05. The minimum absolute atomic E-state index is 0.350. The molecule has 0 aliphatic rings. The van der Waals surface area contributed by atoms with E-state index in [0.29, 0.717) is 5.88 Å². The molecule has 0 saturated carbocycles. The summed E-state index contributed by atoms with van der Waals surface area (Å²) in [4.78, 5) is 4.61. The summed E-state index contributed by atoms with van der Waals surface area (Å²) in [7, 11) is 1.66. The Kier molecular flexibility index (Phi) is 3.91. The van der Waals surface area contributed by atoms with E-state index in [2.05, 4.69) is 44.5 Å². The molecule has 0 unspecified atom stereocenters. The third kappa shape index (κ3) is 2.65. The molecule has 3 rings (SSSR count). The van der Waals surface area contributed by atoms with E-state index in [1.165, 1.54) is 5.56 Å². The molecule has 1 heterocycles. The molecule has 0 fully saturated rings. The van der Waals surface area contributed by atoms with Gasteiger partial charge in [-0.15, -0.1) is 11.6 Å². The number of benzene rings is 2. The monoisotopic (exact) mass is 364 g/mol. The molecule has 0 radical (unpaired) electrons. The van der Waals surface area contributed by atoms with Gasteiger partial charge in [0.05, 0.1) is 29.7 Å². The zero-order chi connectivity index (χ0) is 15.0. The van der Waals surface area contributed by atoms with E-state index in [1.54, 1.807) is 7.11 Å². The number of fused-ring (bicyclic) bond motifs is 1. The number of alkyl halides is 1. The first-order valence-corrected chi connectivity index (χ1v) is 7.84. The van der Waals surface area contributed by atoms with Gasteiger partial charge in [0.1, 0.15) is 11.6 Å². The first-order valence-electron chi connectivity index (χ1n) is 6.51. The Hall–Kier alpha value is -1.52. The SMILES string of the molecule is COc1cc(Br)cc(-n2c(CCl)nc3ccc(C)cc32)c1. The number of imidazole rings is 1. The smallest absolute Gasteiger partial charge is 0.129 e. The number of aryl methyl sites for hydroxylation is 1. The fraction of sp³-hybridized carbons (Fsp3) is 0.188. The number of ether oxygens (including phenoxy) is 1. The van der Waals surface area contributed by atoms with Gasteiger partial charge in [-0.1, -0.05) is 22.0 Å². The number of aromatic nitrogens is 2. The van der Waals surface area contributed by atoms with Crippen LogP contribution in [0.15, 0.2) is 40.9 Å². The van der Waals surface area contributed by atoms with Crippen LogP contribution in [0, 0.1) is 6.92 Å². The van der Waals surface area contributed by atoms with Crippen LogP contribution in [0.4, 0.5) is 0 Å². The first kappa shape index (κ1) is 14.4. The maximum absolute atomic E-state index is 6.08. The van der Waals surface area contributed by atoms with Gasteiger partial charge >= 0.3 is 0 Å². The molecule has 0 aliphatic carbocycles. The van der Waals surface area contributed by atoms with Crippen molar-refractivity contribution in [1.29, 1.82) is 0 Å². The van der Waals surface area contributed by atoms with Crippen LogP contribution in [0.25, 0.3) is 16.7 Å². The van der Waals surface area contributed by atoms with Gasteiger partial charge in [-0.05, 0) is 36.8 Å². The highest BCUT2D eigenvalue weighted by atomic mass is 79.9. The predicted molar refractivity (Wildman–Crippen MR) is 89.6 cm³/mol. The van der Waals surface area contributed by atoms with Crippen LogP contribution < -0.4 is 4.74 Å². The maximum Gasteiger partial charge on any atom is 0.129 e. The van der Waals surface area contributed by atoms with Crippen LogP contribution in [-0.2, 0) is 5.88 Å². The lowest BCUT2D eigenvalue weighted by Gasteiger charge is -2.11. The molecule has 0 amide bonds. The summed E-state index contributed by atoms with van der Waals surface area (Å²) < 4.78 is 8.37. The van der Waals surface area contributed by atoms with Crippen LogP contribution in [0.5, 0.6) is 5.75 Å². The average Bonchev–Trinajstić information content (AvgIpc) is 2.84. The van der Waals surface area contributed by atoms with Crippen molar-refractivity contribution in [3.63, 3.8) is 0 Å². The Morgan fingerprint density at radius 2 is 2.05 bits per heavy atom. The molecular formula is C16H14BrClN2O. The van der Waals surface area contributed by atoms with Gasteiger partial charge in [-0.25, -0.2) is 4.98 Å². The Labute approximate surface area is 136 Å². The highest BCUT2D eigenvalue weighted by molar-refractivity contribution is 9.10. The van der Waals surface area contributed by atoms with Crippen molar-refractivity contribution >= 4 is 38.6 Å². The third-order valence-corrected chi connectivity index (χ3v) is 4.05. The Morgan fingerprint density at radius 1 is 1.24 bits per heavy atom. The molecule has 5 heteroatoms. The zero-order valence-electron chi connectivity index (χ0n) is 11.7. The number of rotatable bonds is 3. The van der Waals surface area contributed by atoms with Crippen molar-refractivity contribution < 1.29 is 4.74 Å². The highest BCUT2D eigenvalue weighted by Crippen LogP contribution is 2.29. The summed E-state index contributed by atoms with van der Waals surface area (Å²) in [6, 6.07) is 12.1. The molecule has 108 valence electrons. The number of nitrogens with zero attached hydrogens (tertiary/aromatic N) is 2. The molecule has 2 aromatic carbocycles. The van der Waals surface area contributed by atoms with Crippen molar-refractivity contribution in [2.24, 2.45) is 0 Å². The lowest BCUT2D eigenvalue weighted by molar-refractivity contribution is 0.414. The van der Waals surface area contributed by atoms with E-state index in [1.807, 2.05) is 24.3 Å². The molecule has 0 aliphatic heterocycles. The number of halogens is 2. The topological polar surface area (TPSA) is 27.1 Å². The Morgan fingerprint density at radius 3 is 2.76 bits per heavy atom. The Bertz CT molecular complexity index is 813. The third-order valence-electron chi connectivity index (χ3n) is 3.35. The average molecular weight is 366 g/mol. The molecule has 21 heavy (non-hydrogen) atoms. The van der Waals surface area contributed by atoms with Gasteiger partial charge in [0.25, 0.3) is 0 Å². The normalized spacial score (nSPS) is 11.0. The molecular weight excluding hydrogens is 352 g/mol. The molecule has 3 aromatic rings. The number of hydrogen-bond acceptors (Lipinski definition) is 2. The molecule has 3 nitrogen and oxygen atoms in total. The van der Waals surface area contributed by atoms with Crippen LogP contribution in [0.3, 0.4) is 0 Å². The predicted octanol–water partition coefficient (Wildman–Crippen LogP) is 4.84. The number of hydrogen-bond donors (Lipinski definition) is 0. The highest BCUT2D eigenvalue weighted by Gasteiger charge is 2.13. The minimum atomic E-state index is 0.350. The van der Waals surface area contributed by atoms with Gasteiger partial charge in [-0.2, -0.15) is 0 Å². The Balaban J connectivity index is 2.32. The van der Waals surface area contributed by atoms with E-state index in [4.69, 9.17) is 16.3 Å². The summed E-state index contributed by atoms with van der Waals surface area (Å²) in [6.07, 6.45) is 0. The lowest BCUT2D eigenvalue weighted by atomic mass is 10.2. The second-order valence-electron chi connectivity index (χ2n) is 4.84. The summed E-state index contributed by atoms with van der Waals surface area (Å²) in [5, 5.41) is 0. The minimum Gasteiger partial charge on any atom is -0.497 e. The maximum atomic E-state index is 6.08. The van der Waals surface area contributed by atoms with Gasteiger partial charge in [0.15, 0.2) is 0 Å². The van der Waals surface area contributed by atoms with Crippen LogP contribution in [0.2, 0.25) is 0 Å². The van der Waals surface area contributed by atoms with Crippen molar-refractivity contribution in [3.05, 3.63) is 52.3 Å². The fourth-order valence-electron chi connectivity index (χ4n) is 2.41. The van der Waals surface area contributed by atoms with Crippen molar-refractivity contribution in [3.8, 4) is 11.4 Å². The molecule has 1 aromatic heterocycles. The summed E-state index contributed by atoms with van der Waals surface area (Å²) in [5.41, 5.74) is 4.15. The standard InChI is InChI=1S/C16H14BrClN2O/c1-10-3-4-14-15(5-10)20(16(9-18)19-14)12-6-11(17)7-13(8-12)21-2/h3-8H,9H2,1-2H3. The largest absolute Gasteiger partial charge is 0.497 e. The second-order valence-corrected chi connectivity index (χ2v) is 6.02. The van der Waals surface area contributed by atoms with Crippen molar-refractivity contribution in [1.82, 2.24) is 9.55 Å².